The quantitative estimate of drug-likeness (QED) is 0.176. The van der Waals surface area contributed by atoms with Gasteiger partial charge >= 0.3 is 0 Å². The molecule has 1 unspecified atom stereocenters. The second-order valence-corrected chi connectivity index (χ2v) is 17.3. The Morgan fingerprint density at radius 1 is 0.424 bits per heavy atom. The summed E-state index contributed by atoms with van der Waals surface area (Å²) in [6, 6.07) is 78.1. The topological polar surface area (TPSA) is 54.8 Å². The number of rotatable bonds is 5. The van der Waals surface area contributed by atoms with Crippen molar-refractivity contribution in [3.63, 3.8) is 0 Å². The van der Waals surface area contributed by atoms with Crippen LogP contribution in [0.5, 0.6) is 0 Å². The highest BCUT2D eigenvalue weighted by molar-refractivity contribution is 6.25. The maximum absolute atomic E-state index is 7.07. The molecule has 0 amide bonds. The molecule has 1 aliphatic rings. The summed E-state index contributed by atoms with van der Waals surface area (Å²) in [5.41, 5.74) is 10.0. The maximum atomic E-state index is 7.07. The first kappa shape index (κ1) is 36.7. The van der Waals surface area contributed by atoms with Crippen molar-refractivity contribution in [2.24, 2.45) is 9.98 Å². The van der Waals surface area contributed by atoms with E-state index in [0.717, 1.165) is 77.5 Å². The number of amidine groups is 2. The van der Waals surface area contributed by atoms with E-state index in [0.29, 0.717) is 5.84 Å². The van der Waals surface area contributed by atoms with Gasteiger partial charge in [0, 0.05) is 38.2 Å². The minimum Gasteiger partial charge on any atom is -0.454 e. The van der Waals surface area contributed by atoms with Crippen LogP contribution >= 0.6 is 0 Å². The first-order valence-electron chi connectivity index (χ1n) is 22.5. The lowest BCUT2D eigenvalue weighted by atomic mass is 9.96. The second-order valence-electron chi connectivity index (χ2n) is 17.3. The van der Waals surface area contributed by atoms with Crippen LogP contribution < -0.4 is 5.32 Å². The first-order chi connectivity index (χ1) is 32.7. The van der Waals surface area contributed by atoms with Crippen LogP contribution in [0.3, 0.4) is 0 Å². The van der Waals surface area contributed by atoms with Crippen molar-refractivity contribution < 1.29 is 4.42 Å². The monoisotopic (exact) mass is 842 g/mol. The van der Waals surface area contributed by atoms with Gasteiger partial charge < -0.3 is 14.3 Å². The number of hydrogen-bond donors (Lipinski definition) is 1. The van der Waals surface area contributed by atoms with Crippen LogP contribution in [-0.4, -0.2) is 16.2 Å². The predicted molar refractivity (Wildman–Crippen MR) is 275 cm³/mol. The number of para-hydroxylation sites is 1. The van der Waals surface area contributed by atoms with Crippen LogP contribution in [-0.2, 0) is 0 Å². The molecule has 0 fully saturated rings. The zero-order valence-corrected chi connectivity index (χ0v) is 35.6. The minimum absolute atomic E-state index is 0.562. The number of benzene rings is 11. The molecule has 1 atom stereocenters. The molecule has 11 aromatic carbocycles. The Labute approximate surface area is 379 Å². The highest BCUT2D eigenvalue weighted by atomic mass is 16.3. The summed E-state index contributed by atoms with van der Waals surface area (Å²) >= 11 is 0. The number of nitrogens with one attached hydrogen (secondary N) is 1. The van der Waals surface area contributed by atoms with Gasteiger partial charge in [0.25, 0.3) is 0 Å². The van der Waals surface area contributed by atoms with Crippen molar-refractivity contribution in [3.8, 4) is 16.8 Å². The zero-order chi connectivity index (χ0) is 43.3. The van der Waals surface area contributed by atoms with Crippen molar-refractivity contribution in [1.29, 1.82) is 0 Å². The van der Waals surface area contributed by atoms with Crippen molar-refractivity contribution in [2.45, 2.75) is 6.17 Å². The standard InChI is InChI=1S/C61H38N4O/c1-2-14-37(15-3-1)38-26-28-40(29-27-38)59-62-60(64-61(63-59)51-35-43-19-7-8-20-44(43)46-22-10-11-23-47(46)51)50-32-31-49-48-24-12-13-25-55(48)66-58(49)57(50)65-53-33-30-39-16-6-9-21-45(39)56(53)52-34-41-17-4-5-18-42(41)36-54(52)65/h1-36,60H,(H,62,63,64). The van der Waals surface area contributed by atoms with Gasteiger partial charge in [0.15, 0.2) is 11.4 Å². The van der Waals surface area contributed by atoms with Gasteiger partial charge in [-0.3, -0.25) is 0 Å². The lowest BCUT2D eigenvalue weighted by molar-refractivity contribution is 0.650. The fourth-order valence-electron chi connectivity index (χ4n) is 10.5. The SMILES string of the molecule is c1ccc(-c2ccc(C3=NC(c4cc5ccccc5c5ccccc45)=NC(c4ccc5c(oc6ccccc65)c4-n4c5cc6ccccc6cc5c5c6ccccc6ccc54)N3)cc2)cc1. The molecular weight excluding hydrogens is 805 g/mol. The van der Waals surface area contributed by atoms with Crippen LogP contribution in [0.25, 0.3) is 104 Å². The highest BCUT2D eigenvalue weighted by Crippen LogP contribution is 2.45. The molecule has 14 rings (SSSR count). The van der Waals surface area contributed by atoms with Crippen molar-refractivity contribution >= 4 is 98.5 Å². The third-order valence-corrected chi connectivity index (χ3v) is 13.6. The molecule has 3 heterocycles. The van der Waals surface area contributed by atoms with E-state index in [4.69, 9.17) is 14.4 Å². The van der Waals surface area contributed by atoms with Gasteiger partial charge in [-0.1, -0.05) is 182 Å². The summed E-state index contributed by atoms with van der Waals surface area (Å²) in [5.74, 6) is 1.41. The molecule has 1 N–H and O–H groups in total. The molecule has 0 radical (unpaired) electrons. The van der Waals surface area contributed by atoms with E-state index in [1.54, 1.807) is 0 Å². The largest absolute Gasteiger partial charge is 0.454 e. The molecule has 0 bridgehead atoms. The van der Waals surface area contributed by atoms with E-state index in [1.165, 1.54) is 48.7 Å². The van der Waals surface area contributed by atoms with Crippen LogP contribution in [0.4, 0.5) is 0 Å². The molecule has 2 aromatic heterocycles. The van der Waals surface area contributed by atoms with E-state index < -0.39 is 6.17 Å². The third kappa shape index (κ3) is 5.60. The first-order valence-corrected chi connectivity index (χ1v) is 22.5. The molecular formula is C61H38N4O. The summed E-state index contributed by atoms with van der Waals surface area (Å²) in [4.78, 5) is 11.1. The molecule has 13 aromatic rings. The molecule has 0 saturated heterocycles. The molecule has 1 aliphatic heterocycles. The molecule has 0 saturated carbocycles. The third-order valence-electron chi connectivity index (χ3n) is 13.6. The number of furan rings is 1. The summed E-state index contributed by atoms with van der Waals surface area (Å²) in [6.07, 6.45) is -0.562. The summed E-state index contributed by atoms with van der Waals surface area (Å²) in [6.45, 7) is 0. The van der Waals surface area contributed by atoms with E-state index in [1.807, 2.05) is 6.07 Å². The average molecular weight is 843 g/mol. The van der Waals surface area contributed by atoms with Gasteiger partial charge in [-0.15, -0.1) is 0 Å². The number of aliphatic imine (C=N–C) groups is 2. The normalized spacial score (nSPS) is 14.2. The number of aromatic nitrogens is 1. The summed E-state index contributed by atoms with van der Waals surface area (Å²) in [5, 5.41) is 17.8. The van der Waals surface area contributed by atoms with Crippen LogP contribution in [0, 0.1) is 0 Å². The smallest absolute Gasteiger partial charge is 0.160 e. The minimum atomic E-state index is -0.562. The number of hydrogen-bond acceptors (Lipinski definition) is 4. The van der Waals surface area contributed by atoms with Crippen LogP contribution in [0.2, 0.25) is 0 Å². The molecule has 5 nitrogen and oxygen atoms in total. The van der Waals surface area contributed by atoms with E-state index >= 15 is 0 Å². The number of fused-ring (bicyclic) bond motifs is 12. The summed E-state index contributed by atoms with van der Waals surface area (Å²) in [7, 11) is 0. The van der Waals surface area contributed by atoms with Crippen molar-refractivity contribution in [1.82, 2.24) is 9.88 Å². The Kier molecular flexibility index (Phi) is 7.98. The molecule has 66 heavy (non-hydrogen) atoms. The highest BCUT2D eigenvalue weighted by Gasteiger charge is 2.29. The zero-order valence-electron chi connectivity index (χ0n) is 35.6. The van der Waals surface area contributed by atoms with E-state index in [-0.39, 0.29) is 0 Å². The summed E-state index contributed by atoms with van der Waals surface area (Å²) < 4.78 is 9.50. The molecule has 5 heteroatoms. The van der Waals surface area contributed by atoms with E-state index in [2.05, 4.69) is 222 Å². The van der Waals surface area contributed by atoms with Gasteiger partial charge in [0.1, 0.15) is 17.6 Å². The van der Waals surface area contributed by atoms with Gasteiger partial charge in [-0.25, -0.2) is 9.98 Å². The van der Waals surface area contributed by atoms with Gasteiger partial charge in [0.05, 0.1) is 16.7 Å². The Morgan fingerprint density at radius 2 is 1.06 bits per heavy atom. The lowest BCUT2D eigenvalue weighted by Crippen LogP contribution is -2.34. The Balaban J connectivity index is 1.07. The van der Waals surface area contributed by atoms with E-state index in [9.17, 15) is 0 Å². The van der Waals surface area contributed by atoms with Crippen molar-refractivity contribution in [2.75, 3.05) is 0 Å². The van der Waals surface area contributed by atoms with Crippen LogP contribution in [0.1, 0.15) is 22.9 Å². The van der Waals surface area contributed by atoms with Gasteiger partial charge in [0.2, 0.25) is 0 Å². The Bertz CT molecular complexity index is 4200. The van der Waals surface area contributed by atoms with Gasteiger partial charge in [-0.05, 0) is 90.6 Å². The predicted octanol–water partition coefficient (Wildman–Crippen LogP) is 15.5. The second kappa shape index (κ2) is 14.4. The Hall–Kier alpha value is -8.80. The Morgan fingerprint density at radius 3 is 1.88 bits per heavy atom. The van der Waals surface area contributed by atoms with Crippen LogP contribution in [0.15, 0.2) is 233 Å². The maximum Gasteiger partial charge on any atom is 0.160 e. The molecule has 0 aliphatic carbocycles. The number of nitrogens with zero attached hydrogens (tertiary/aromatic N) is 3. The van der Waals surface area contributed by atoms with Crippen molar-refractivity contribution in [3.05, 3.63) is 235 Å². The average Bonchev–Trinajstić information content (AvgIpc) is 3.93. The fourth-order valence-corrected chi connectivity index (χ4v) is 10.5. The fraction of sp³-hybridized carbons (Fsp3) is 0.0164. The molecule has 308 valence electrons. The lowest BCUT2D eigenvalue weighted by Gasteiger charge is -2.26. The molecule has 0 spiro atoms. The van der Waals surface area contributed by atoms with Gasteiger partial charge in [-0.2, -0.15) is 0 Å².